The molecule has 0 saturated heterocycles. The number of fused-ring (bicyclic) bond motifs is 1. The van der Waals surface area contributed by atoms with Gasteiger partial charge in [0, 0.05) is 6.42 Å². The molecule has 2 heterocycles. The van der Waals surface area contributed by atoms with E-state index in [9.17, 15) is 27.9 Å². The number of aromatic nitrogens is 3. The van der Waals surface area contributed by atoms with Crippen molar-refractivity contribution in [3.05, 3.63) is 39.8 Å². The minimum absolute atomic E-state index is 0.00519. The molecule has 0 aromatic carbocycles. The molecule has 3 rings (SSSR count). The molecule has 0 atom stereocenters. The van der Waals surface area contributed by atoms with Crippen LogP contribution in [-0.2, 0) is 11.2 Å². The Bertz CT molecular complexity index is 908. The third kappa shape index (κ3) is 4.65. The third-order valence-electron chi connectivity index (χ3n) is 3.31. The predicted molar refractivity (Wildman–Crippen MR) is 80.7 cm³/mol. The lowest BCUT2D eigenvalue weighted by Crippen LogP contribution is -2.21. The van der Waals surface area contributed by atoms with Gasteiger partial charge in [-0.1, -0.05) is 6.07 Å². The number of rotatable bonds is 1. The Labute approximate surface area is 143 Å². The monoisotopic (exact) mass is 371 g/mol. The van der Waals surface area contributed by atoms with Gasteiger partial charge in [-0.15, -0.1) is 0 Å². The van der Waals surface area contributed by atoms with E-state index in [1.165, 1.54) is 0 Å². The van der Waals surface area contributed by atoms with E-state index in [1.807, 2.05) is 6.07 Å². The molecule has 2 aromatic heterocycles. The maximum atomic E-state index is 11.8. The first-order valence-corrected chi connectivity index (χ1v) is 7.22. The summed E-state index contributed by atoms with van der Waals surface area (Å²) in [4.78, 5) is 42.5. The number of Topliss-reactive ketones (excluding diaryl/α,β-unsaturated/α-hetero) is 1. The quantitative estimate of drug-likeness (QED) is 0.694. The first-order valence-electron chi connectivity index (χ1n) is 7.22. The second-order valence-electron chi connectivity index (χ2n) is 5.24. The van der Waals surface area contributed by atoms with Gasteiger partial charge in [-0.25, -0.2) is 9.78 Å². The highest BCUT2D eigenvalue weighted by Gasteiger charge is 2.38. The Morgan fingerprint density at radius 2 is 1.81 bits per heavy atom. The van der Waals surface area contributed by atoms with Crippen LogP contribution in [0, 0.1) is 0 Å². The van der Waals surface area contributed by atoms with E-state index in [0.717, 1.165) is 24.5 Å². The summed E-state index contributed by atoms with van der Waals surface area (Å²) in [6.07, 6.45) is -2.92. The Balaban J connectivity index is 0.000000298. The molecule has 0 spiro atoms. The number of alkyl halides is 3. The number of pyridine rings is 1. The number of halogens is 3. The van der Waals surface area contributed by atoms with E-state index >= 15 is 0 Å². The van der Waals surface area contributed by atoms with E-state index in [2.05, 4.69) is 15.0 Å². The summed E-state index contributed by atoms with van der Waals surface area (Å²) in [6.45, 7) is 0. The normalized spacial score (nSPS) is 13.4. The van der Waals surface area contributed by atoms with E-state index in [1.54, 1.807) is 6.07 Å². The van der Waals surface area contributed by atoms with Crippen molar-refractivity contribution in [2.75, 3.05) is 0 Å². The van der Waals surface area contributed by atoms with Crippen molar-refractivity contribution in [1.82, 2.24) is 15.0 Å². The van der Waals surface area contributed by atoms with Crippen LogP contribution in [-0.4, -0.2) is 43.1 Å². The van der Waals surface area contributed by atoms with Gasteiger partial charge in [0.15, 0.2) is 11.6 Å². The molecule has 8 nitrogen and oxygen atoms in total. The second kappa shape index (κ2) is 7.33. The number of ketones is 1. The van der Waals surface area contributed by atoms with E-state index in [0.29, 0.717) is 17.8 Å². The van der Waals surface area contributed by atoms with Crippen LogP contribution in [0.25, 0.3) is 11.5 Å². The van der Waals surface area contributed by atoms with Crippen LogP contribution in [0.3, 0.4) is 0 Å². The van der Waals surface area contributed by atoms with Crippen molar-refractivity contribution in [3.8, 4) is 17.4 Å². The molecule has 0 fully saturated rings. The molecular formula is C15H12F3N3O5. The Morgan fingerprint density at radius 3 is 2.38 bits per heavy atom. The number of nitrogens with zero attached hydrogens (tertiary/aromatic N) is 2. The summed E-state index contributed by atoms with van der Waals surface area (Å²) in [5.41, 5.74) is 1.27. The van der Waals surface area contributed by atoms with Gasteiger partial charge in [0.05, 0.1) is 6.07 Å². The van der Waals surface area contributed by atoms with E-state index in [4.69, 9.17) is 9.90 Å². The minimum Gasteiger partial charge on any atom is -0.493 e. The van der Waals surface area contributed by atoms with Crippen LogP contribution in [0.15, 0.2) is 23.0 Å². The molecule has 0 saturated carbocycles. The molecule has 26 heavy (non-hydrogen) atoms. The lowest BCUT2D eigenvalue weighted by Gasteiger charge is -2.14. The second-order valence-corrected chi connectivity index (χ2v) is 5.24. The number of aromatic amines is 1. The summed E-state index contributed by atoms with van der Waals surface area (Å²) >= 11 is 0. The van der Waals surface area contributed by atoms with Gasteiger partial charge >= 0.3 is 12.1 Å². The molecule has 0 aliphatic heterocycles. The largest absolute Gasteiger partial charge is 0.493 e. The third-order valence-corrected chi connectivity index (χ3v) is 3.31. The van der Waals surface area contributed by atoms with Gasteiger partial charge in [0.25, 0.3) is 5.56 Å². The molecule has 0 unspecified atom stereocenters. The lowest BCUT2D eigenvalue weighted by molar-refractivity contribution is -0.192. The van der Waals surface area contributed by atoms with Crippen molar-refractivity contribution in [2.24, 2.45) is 0 Å². The highest BCUT2D eigenvalue weighted by molar-refractivity contribution is 5.97. The maximum absolute atomic E-state index is 11.8. The van der Waals surface area contributed by atoms with Gasteiger partial charge in [-0.05, 0) is 24.5 Å². The standard InChI is InChI=1S/C13H11N3O3.C2HF3O2/c17-9-3-1-2-7-4-5-8(14-12(7)9)13-15-10(18)6-11(19)16-13;3-2(4,5)1(6)7/h4-6H,1-3H2,(H2,15,16,18,19);(H,6,7). The summed E-state index contributed by atoms with van der Waals surface area (Å²) < 4.78 is 31.7. The predicted octanol–water partition coefficient (Wildman–Crippen LogP) is 1.69. The molecule has 0 radical (unpaired) electrons. The molecular weight excluding hydrogens is 359 g/mol. The first-order chi connectivity index (χ1) is 12.1. The molecule has 1 aliphatic rings. The van der Waals surface area contributed by atoms with Gasteiger partial charge in [0.1, 0.15) is 11.4 Å². The van der Waals surface area contributed by atoms with Crippen molar-refractivity contribution in [1.29, 1.82) is 0 Å². The maximum Gasteiger partial charge on any atom is 0.490 e. The number of aryl methyl sites for hydroxylation is 1. The number of nitrogens with one attached hydrogen (secondary N) is 1. The number of carboxylic acid groups (broad SMARTS) is 1. The van der Waals surface area contributed by atoms with Gasteiger partial charge in [0.2, 0.25) is 5.88 Å². The number of H-pyrrole nitrogens is 1. The topological polar surface area (TPSA) is 133 Å². The molecule has 0 bridgehead atoms. The molecule has 0 amide bonds. The number of aliphatic carboxylic acids is 1. The zero-order valence-electron chi connectivity index (χ0n) is 13.0. The number of aromatic hydroxyl groups is 1. The highest BCUT2D eigenvalue weighted by atomic mass is 19.4. The van der Waals surface area contributed by atoms with Crippen LogP contribution in [0.5, 0.6) is 5.88 Å². The van der Waals surface area contributed by atoms with Crippen LogP contribution >= 0.6 is 0 Å². The van der Waals surface area contributed by atoms with Crippen LogP contribution in [0.4, 0.5) is 13.2 Å². The molecule has 3 N–H and O–H groups in total. The van der Waals surface area contributed by atoms with Gasteiger partial charge in [-0.2, -0.15) is 18.2 Å². The van der Waals surface area contributed by atoms with Crippen molar-refractivity contribution in [2.45, 2.75) is 25.4 Å². The molecule has 1 aliphatic carbocycles. The number of carbonyl (C=O) groups excluding carboxylic acids is 1. The van der Waals surface area contributed by atoms with Gasteiger partial charge in [-0.3, -0.25) is 9.59 Å². The fourth-order valence-corrected chi connectivity index (χ4v) is 2.19. The molecule has 2 aromatic rings. The fourth-order valence-electron chi connectivity index (χ4n) is 2.19. The zero-order valence-corrected chi connectivity index (χ0v) is 13.0. The average molecular weight is 371 g/mol. The summed E-state index contributed by atoms with van der Waals surface area (Å²) in [6, 6.07) is 4.49. The summed E-state index contributed by atoms with van der Waals surface area (Å²) in [5.74, 6) is -2.96. The number of hydrogen-bond donors (Lipinski definition) is 3. The Morgan fingerprint density at radius 1 is 1.15 bits per heavy atom. The average Bonchev–Trinajstić information content (AvgIpc) is 2.54. The summed E-state index contributed by atoms with van der Waals surface area (Å²) in [7, 11) is 0. The van der Waals surface area contributed by atoms with E-state index in [-0.39, 0.29) is 17.5 Å². The first kappa shape index (κ1) is 19.1. The fraction of sp³-hybridized carbons (Fsp3) is 0.267. The van der Waals surface area contributed by atoms with Crippen LogP contribution < -0.4 is 5.56 Å². The van der Waals surface area contributed by atoms with E-state index < -0.39 is 17.7 Å². The number of carbonyl (C=O) groups is 2. The number of carboxylic acids is 1. The lowest BCUT2D eigenvalue weighted by atomic mass is 9.95. The van der Waals surface area contributed by atoms with Crippen LogP contribution in [0.2, 0.25) is 0 Å². The molecule has 138 valence electrons. The Kier molecular flexibility index (Phi) is 5.38. The zero-order chi connectivity index (χ0) is 19.5. The van der Waals surface area contributed by atoms with Crippen LogP contribution in [0.1, 0.15) is 28.9 Å². The SMILES string of the molecule is O=C(O)C(F)(F)F.O=C1CCCc2ccc(-c3nc(O)cc(=O)[nH]3)nc21. The number of hydrogen-bond acceptors (Lipinski definition) is 6. The van der Waals surface area contributed by atoms with Crippen molar-refractivity contribution in [3.63, 3.8) is 0 Å². The van der Waals surface area contributed by atoms with Gasteiger partial charge < -0.3 is 15.2 Å². The summed E-state index contributed by atoms with van der Waals surface area (Å²) in [5, 5.41) is 16.4. The van der Waals surface area contributed by atoms with Crippen molar-refractivity contribution >= 4 is 11.8 Å². The Hall–Kier alpha value is -3.24. The van der Waals surface area contributed by atoms with Crippen molar-refractivity contribution < 1.29 is 33.0 Å². The highest BCUT2D eigenvalue weighted by Crippen LogP contribution is 2.22. The smallest absolute Gasteiger partial charge is 0.490 e. The minimum atomic E-state index is -5.08. The molecule has 11 heteroatoms.